The predicted molar refractivity (Wildman–Crippen MR) is 128 cm³/mol. The van der Waals surface area contributed by atoms with Gasteiger partial charge in [0.1, 0.15) is 5.65 Å². The number of aromatic amines is 1. The lowest BCUT2D eigenvalue weighted by molar-refractivity contribution is -0.116. The molecule has 4 aromatic heterocycles. The molecule has 0 aliphatic heterocycles. The molecule has 5 rings (SSSR count). The molecule has 0 radical (unpaired) electrons. The molecule has 5 aromatic rings. The van der Waals surface area contributed by atoms with E-state index in [1.54, 1.807) is 41.4 Å². The second kappa shape index (κ2) is 8.99. The number of pyridine rings is 1. The summed E-state index contributed by atoms with van der Waals surface area (Å²) in [5.41, 5.74) is 5.73. The number of fused-ring (bicyclic) bond motifs is 2. The van der Waals surface area contributed by atoms with Crippen LogP contribution in [0.3, 0.4) is 0 Å². The Kier molecular flexibility index (Phi) is 5.57. The number of aromatic nitrogens is 5. The van der Waals surface area contributed by atoms with Crippen LogP contribution in [0.2, 0.25) is 0 Å². The molecule has 0 saturated heterocycles. The Morgan fingerprint density at radius 1 is 1.00 bits per heavy atom. The Labute approximate surface area is 194 Å². The Bertz CT molecular complexity index is 1530. The minimum atomic E-state index is -0.262. The molecule has 0 aliphatic rings. The minimum absolute atomic E-state index is 0.211. The summed E-state index contributed by atoms with van der Waals surface area (Å²) in [5.74, 6) is -0.473. The van der Waals surface area contributed by atoms with Crippen LogP contribution in [0.5, 0.6) is 0 Å². The largest absolute Gasteiger partial charge is 0.348 e. The van der Waals surface area contributed by atoms with Gasteiger partial charge in [-0.1, -0.05) is 18.7 Å². The molecule has 0 bridgehead atoms. The van der Waals surface area contributed by atoms with Gasteiger partial charge in [0, 0.05) is 41.1 Å². The van der Waals surface area contributed by atoms with E-state index in [1.165, 1.54) is 6.08 Å². The number of nitrogens with one attached hydrogen (secondary N) is 3. The van der Waals surface area contributed by atoms with Crippen LogP contribution in [-0.2, 0) is 17.9 Å². The molecule has 0 aliphatic carbocycles. The number of rotatable bonds is 7. The maximum absolute atomic E-state index is 12.7. The molecule has 1 aromatic carbocycles. The maximum atomic E-state index is 12.7. The molecule has 4 heterocycles. The molecule has 0 spiro atoms. The Balaban J connectivity index is 1.33. The van der Waals surface area contributed by atoms with Crippen molar-refractivity contribution in [3.8, 4) is 11.1 Å². The third kappa shape index (κ3) is 4.14. The number of carbonyl (C=O) groups excluding carboxylic acids is 2. The number of H-pyrrole nitrogens is 1. The van der Waals surface area contributed by atoms with Gasteiger partial charge < -0.3 is 15.6 Å². The van der Waals surface area contributed by atoms with Gasteiger partial charge in [-0.2, -0.15) is 14.8 Å². The van der Waals surface area contributed by atoms with E-state index in [9.17, 15) is 9.59 Å². The molecule has 2 amide bonds. The van der Waals surface area contributed by atoms with E-state index >= 15 is 0 Å². The van der Waals surface area contributed by atoms with Gasteiger partial charge in [0.2, 0.25) is 5.91 Å². The van der Waals surface area contributed by atoms with Gasteiger partial charge in [0.25, 0.3) is 5.91 Å². The van der Waals surface area contributed by atoms with Gasteiger partial charge in [0.15, 0.2) is 0 Å². The third-order valence-electron chi connectivity index (χ3n) is 5.46. The third-order valence-corrected chi connectivity index (χ3v) is 5.46. The van der Waals surface area contributed by atoms with E-state index in [4.69, 9.17) is 0 Å². The maximum Gasteiger partial charge on any atom is 0.251 e. The fourth-order valence-electron chi connectivity index (χ4n) is 3.81. The van der Waals surface area contributed by atoms with E-state index in [0.717, 1.165) is 38.9 Å². The van der Waals surface area contributed by atoms with Crippen molar-refractivity contribution in [2.75, 3.05) is 0 Å². The fraction of sp³-hybridized carbons (Fsp3) is 0.0800. The smallest absolute Gasteiger partial charge is 0.251 e. The van der Waals surface area contributed by atoms with Crippen LogP contribution in [-0.4, -0.2) is 36.6 Å². The lowest BCUT2D eigenvalue weighted by Crippen LogP contribution is -2.24. The normalized spacial score (nSPS) is 10.9. The molecule has 168 valence electrons. The van der Waals surface area contributed by atoms with Crippen LogP contribution >= 0.6 is 0 Å². The topological polar surface area (TPSA) is 117 Å². The zero-order chi connectivity index (χ0) is 23.5. The highest BCUT2D eigenvalue weighted by Gasteiger charge is 2.14. The quantitative estimate of drug-likeness (QED) is 0.329. The summed E-state index contributed by atoms with van der Waals surface area (Å²) in [7, 11) is 0. The molecular weight excluding hydrogens is 430 g/mol. The molecule has 9 heteroatoms. The van der Waals surface area contributed by atoms with E-state index < -0.39 is 0 Å². The summed E-state index contributed by atoms with van der Waals surface area (Å²) >= 11 is 0. The molecule has 0 unspecified atom stereocenters. The summed E-state index contributed by atoms with van der Waals surface area (Å²) < 4.78 is 1.59. The lowest BCUT2D eigenvalue weighted by atomic mass is 10.1. The molecule has 34 heavy (non-hydrogen) atoms. The molecule has 0 atom stereocenters. The summed E-state index contributed by atoms with van der Waals surface area (Å²) in [4.78, 5) is 31.8. The van der Waals surface area contributed by atoms with Crippen LogP contribution in [0.1, 0.15) is 21.6 Å². The van der Waals surface area contributed by atoms with Gasteiger partial charge in [-0.25, -0.2) is 4.98 Å². The van der Waals surface area contributed by atoms with Crippen molar-refractivity contribution < 1.29 is 9.59 Å². The zero-order valence-electron chi connectivity index (χ0n) is 18.2. The summed E-state index contributed by atoms with van der Waals surface area (Å²) in [6.45, 7) is 4.06. The van der Waals surface area contributed by atoms with E-state index in [2.05, 4.69) is 37.4 Å². The Morgan fingerprint density at radius 2 is 1.91 bits per heavy atom. The van der Waals surface area contributed by atoms with Crippen LogP contribution in [0.25, 0.3) is 27.7 Å². The van der Waals surface area contributed by atoms with Crippen molar-refractivity contribution in [3.05, 3.63) is 96.6 Å². The highest BCUT2D eigenvalue weighted by atomic mass is 16.2. The number of amides is 2. The summed E-state index contributed by atoms with van der Waals surface area (Å²) in [6.07, 6.45) is 6.43. The van der Waals surface area contributed by atoms with Crippen molar-refractivity contribution in [2.45, 2.75) is 13.1 Å². The van der Waals surface area contributed by atoms with Gasteiger partial charge in [-0.15, -0.1) is 0 Å². The van der Waals surface area contributed by atoms with Crippen molar-refractivity contribution in [1.29, 1.82) is 0 Å². The van der Waals surface area contributed by atoms with Crippen LogP contribution in [0.4, 0.5) is 0 Å². The van der Waals surface area contributed by atoms with Crippen molar-refractivity contribution in [1.82, 2.24) is 35.4 Å². The van der Waals surface area contributed by atoms with Gasteiger partial charge >= 0.3 is 0 Å². The number of hydrogen-bond acceptors (Lipinski definition) is 5. The summed E-state index contributed by atoms with van der Waals surface area (Å²) in [6, 6.07) is 14.9. The van der Waals surface area contributed by atoms with E-state index in [-0.39, 0.29) is 11.8 Å². The first-order chi connectivity index (χ1) is 16.6. The molecule has 0 saturated carbocycles. The second-order valence-electron chi connectivity index (χ2n) is 7.68. The van der Waals surface area contributed by atoms with Gasteiger partial charge in [-0.3, -0.25) is 9.59 Å². The first-order valence-electron chi connectivity index (χ1n) is 10.7. The minimum Gasteiger partial charge on any atom is -0.348 e. The Morgan fingerprint density at radius 3 is 2.79 bits per heavy atom. The average molecular weight is 451 g/mol. The molecule has 0 fully saturated rings. The van der Waals surface area contributed by atoms with Crippen LogP contribution in [0.15, 0.2) is 79.8 Å². The SMILES string of the molecule is C=CC(=O)NCc1cccc(C(=O)NCc2cc3c(-c4cnn5ncccc45)ccnc3[nH]2)c1. The second-order valence-corrected chi connectivity index (χ2v) is 7.68. The summed E-state index contributed by atoms with van der Waals surface area (Å²) in [5, 5.41) is 15.1. The van der Waals surface area contributed by atoms with Gasteiger partial charge in [-0.05, 0) is 53.6 Å². The van der Waals surface area contributed by atoms with Gasteiger partial charge in [0.05, 0.1) is 18.3 Å². The van der Waals surface area contributed by atoms with E-state index in [1.807, 2.05) is 30.3 Å². The van der Waals surface area contributed by atoms with Crippen LogP contribution in [0, 0.1) is 0 Å². The highest BCUT2D eigenvalue weighted by Crippen LogP contribution is 2.30. The zero-order valence-corrected chi connectivity index (χ0v) is 18.2. The predicted octanol–water partition coefficient (Wildman–Crippen LogP) is 3.00. The molecule has 3 N–H and O–H groups in total. The number of nitrogens with zero attached hydrogens (tertiary/aromatic N) is 4. The monoisotopic (exact) mass is 451 g/mol. The van der Waals surface area contributed by atoms with Crippen LogP contribution < -0.4 is 10.6 Å². The number of benzene rings is 1. The Hall–Kier alpha value is -4.79. The fourth-order valence-corrected chi connectivity index (χ4v) is 3.81. The molecular formula is C25H21N7O2. The van der Waals surface area contributed by atoms with E-state index in [0.29, 0.717) is 18.7 Å². The lowest BCUT2D eigenvalue weighted by Gasteiger charge is -2.07. The first-order valence-corrected chi connectivity index (χ1v) is 10.7. The first kappa shape index (κ1) is 21.1. The molecule has 9 nitrogen and oxygen atoms in total. The van der Waals surface area contributed by atoms with Crippen molar-refractivity contribution >= 4 is 28.4 Å². The average Bonchev–Trinajstić information content (AvgIpc) is 3.50. The highest BCUT2D eigenvalue weighted by molar-refractivity contribution is 5.98. The number of carbonyl (C=O) groups is 2. The van der Waals surface area contributed by atoms with Crippen molar-refractivity contribution in [2.24, 2.45) is 0 Å². The standard InChI is InChI=1S/C25H21N7O2/c1-2-23(33)27-13-16-5-3-6-17(11-16)25(34)28-14-18-12-20-19(8-10-26-24(20)31-18)21-15-30-32-22(21)7-4-9-29-32/h2-12,15H,1,13-14H2,(H,26,31)(H,27,33)(H,28,34). The number of hydrogen-bond donors (Lipinski definition) is 3. The van der Waals surface area contributed by atoms with Crippen molar-refractivity contribution in [3.63, 3.8) is 0 Å².